The molecule has 1 saturated heterocycles. The van der Waals surface area contributed by atoms with E-state index >= 15 is 0 Å². The van der Waals surface area contributed by atoms with Crippen LogP contribution in [0.5, 0.6) is 0 Å². The minimum atomic E-state index is 0.378. The first-order chi connectivity index (χ1) is 12.9. The van der Waals surface area contributed by atoms with Crippen LogP contribution in [0.25, 0.3) is 16.9 Å². The molecule has 2 fully saturated rings. The number of nitrogens with zero attached hydrogens (tertiary/aromatic N) is 4. The van der Waals surface area contributed by atoms with Crippen LogP contribution in [0, 0.1) is 5.92 Å². The average molecular weight is 345 g/mol. The molecule has 1 saturated carbocycles. The number of hydrogen-bond acceptors (Lipinski definition) is 4. The highest BCUT2D eigenvalue weighted by Gasteiger charge is 2.51. The number of nitrogens with one attached hydrogen (secondary N) is 1. The Hall–Kier alpha value is -2.27. The summed E-state index contributed by atoms with van der Waals surface area (Å²) in [7, 11) is 0. The highest BCUT2D eigenvalue weighted by molar-refractivity contribution is 5.72. The Labute approximate surface area is 152 Å². The van der Waals surface area contributed by atoms with E-state index in [2.05, 4.69) is 43.0 Å². The van der Waals surface area contributed by atoms with E-state index in [0.29, 0.717) is 11.5 Å². The fraction of sp³-hybridized carbons (Fsp3) is 0.476. The fourth-order valence-electron chi connectivity index (χ4n) is 6.11. The smallest absolute Gasteiger partial charge is 0.167 e. The molecule has 2 aliphatic carbocycles. The molecule has 1 N–H and O–H groups in total. The zero-order valence-corrected chi connectivity index (χ0v) is 14.9. The maximum Gasteiger partial charge on any atom is 0.167 e. The zero-order valence-electron chi connectivity index (χ0n) is 14.9. The fourth-order valence-corrected chi connectivity index (χ4v) is 6.11. The van der Waals surface area contributed by atoms with Crippen LogP contribution >= 0.6 is 0 Å². The van der Waals surface area contributed by atoms with E-state index in [4.69, 9.17) is 0 Å². The van der Waals surface area contributed by atoms with Crippen molar-refractivity contribution < 1.29 is 0 Å². The molecule has 0 radical (unpaired) electrons. The number of aromatic nitrogens is 4. The molecule has 2 bridgehead atoms. The number of piperidine rings is 1. The standard InChI is InChI=1S/C21H23N5/c1-2-7-21-8-9-23-17(16(21)4-1)10-14-15(21)5-3-6-19(14)26-13-25-18-11-22-12-24-20(18)26/h3,5-6,11-13,16-17,23H,1-2,4,7-10H2/t16-,17+,21-/m0/s1. The molecule has 2 aromatic heterocycles. The van der Waals surface area contributed by atoms with Crippen LogP contribution in [0.15, 0.2) is 37.1 Å². The van der Waals surface area contributed by atoms with Crippen LogP contribution in [-0.4, -0.2) is 32.1 Å². The molecule has 3 atom stereocenters. The van der Waals surface area contributed by atoms with Gasteiger partial charge in [-0.2, -0.15) is 0 Å². The molecular formula is C21H23N5. The largest absolute Gasteiger partial charge is 0.313 e. The van der Waals surface area contributed by atoms with Gasteiger partial charge in [0.2, 0.25) is 0 Å². The molecule has 5 nitrogen and oxygen atoms in total. The highest BCUT2D eigenvalue weighted by atomic mass is 15.1. The van der Waals surface area contributed by atoms with Crippen LogP contribution in [0.4, 0.5) is 0 Å². The van der Waals surface area contributed by atoms with E-state index in [1.807, 2.05) is 6.33 Å². The van der Waals surface area contributed by atoms with Crippen molar-refractivity contribution in [3.05, 3.63) is 48.2 Å². The first-order valence-corrected chi connectivity index (χ1v) is 9.86. The molecule has 3 heterocycles. The maximum atomic E-state index is 4.52. The van der Waals surface area contributed by atoms with E-state index in [1.54, 1.807) is 18.1 Å². The maximum absolute atomic E-state index is 4.52. The van der Waals surface area contributed by atoms with Crippen molar-refractivity contribution in [1.29, 1.82) is 0 Å². The van der Waals surface area contributed by atoms with Gasteiger partial charge in [0.15, 0.2) is 5.65 Å². The average Bonchev–Trinajstić information content (AvgIpc) is 3.11. The van der Waals surface area contributed by atoms with Gasteiger partial charge in [0.1, 0.15) is 18.2 Å². The summed E-state index contributed by atoms with van der Waals surface area (Å²) in [5, 5.41) is 3.84. The third-order valence-electron chi connectivity index (χ3n) is 7.15. The number of imidazole rings is 1. The molecule has 3 aliphatic rings. The van der Waals surface area contributed by atoms with Gasteiger partial charge in [0.25, 0.3) is 0 Å². The van der Waals surface area contributed by atoms with Gasteiger partial charge in [-0.15, -0.1) is 0 Å². The molecule has 5 heteroatoms. The Kier molecular flexibility index (Phi) is 3.06. The van der Waals surface area contributed by atoms with E-state index in [1.165, 1.54) is 43.4 Å². The van der Waals surface area contributed by atoms with Crippen molar-refractivity contribution >= 4 is 11.2 Å². The molecule has 0 spiro atoms. The predicted molar refractivity (Wildman–Crippen MR) is 100 cm³/mol. The van der Waals surface area contributed by atoms with Crippen LogP contribution in [0.3, 0.4) is 0 Å². The van der Waals surface area contributed by atoms with Gasteiger partial charge in [-0.05, 0) is 55.3 Å². The number of rotatable bonds is 1. The minimum absolute atomic E-state index is 0.378. The summed E-state index contributed by atoms with van der Waals surface area (Å²) < 4.78 is 2.16. The van der Waals surface area contributed by atoms with Crippen molar-refractivity contribution in [1.82, 2.24) is 24.8 Å². The van der Waals surface area contributed by atoms with Gasteiger partial charge in [-0.25, -0.2) is 15.0 Å². The summed E-state index contributed by atoms with van der Waals surface area (Å²) >= 11 is 0. The van der Waals surface area contributed by atoms with Crippen molar-refractivity contribution in [2.24, 2.45) is 5.92 Å². The molecule has 26 heavy (non-hydrogen) atoms. The first-order valence-electron chi connectivity index (χ1n) is 9.86. The third kappa shape index (κ3) is 1.87. The van der Waals surface area contributed by atoms with Gasteiger partial charge < -0.3 is 5.32 Å². The van der Waals surface area contributed by atoms with Gasteiger partial charge in [-0.1, -0.05) is 25.0 Å². The van der Waals surface area contributed by atoms with Gasteiger partial charge >= 0.3 is 0 Å². The van der Waals surface area contributed by atoms with Crippen molar-refractivity contribution in [2.45, 2.75) is 50.0 Å². The lowest BCUT2D eigenvalue weighted by atomic mass is 9.52. The Morgan fingerprint density at radius 2 is 2.15 bits per heavy atom. The van der Waals surface area contributed by atoms with Crippen molar-refractivity contribution in [2.75, 3.05) is 6.54 Å². The summed E-state index contributed by atoms with van der Waals surface area (Å²) in [5.41, 5.74) is 6.49. The topological polar surface area (TPSA) is 55.6 Å². The minimum Gasteiger partial charge on any atom is -0.313 e. The summed E-state index contributed by atoms with van der Waals surface area (Å²) in [4.78, 5) is 13.1. The number of benzene rings is 1. The van der Waals surface area contributed by atoms with E-state index in [-0.39, 0.29) is 0 Å². The van der Waals surface area contributed by atoms with E-state index < -0.39 is 0 Å². The summed E-state index contributed by atoms with van der Waals surface area (Å²) in [6.45, 7) is 1.16. The van der Waals surface area contributed by atoms with Gasteiger partial charge in [0.05, 0.1) is 11.9 Å². The summed E-state index contributed by atoms with van der Waals surface area (Å²) in [6, 6.07) is 7.50. The highest BCUT2D eigenvalue weighted by Crippen LogP contribution is 2.54. The Morgan fingerprint density at radius 1 is 1.15 bits per heavy atom. The first kappa shape index (κ1) is 14.9. The quantitative estimate of drug-likeness (QED) is 0.736. The van der Waals surface area contributed by atoms with E-state index in [9.17, 15) is 0 Å². The predicted octanol–water partition coefficient (Wildman–Crippen LogP) is 3.16. The van der Waals surface area contributed by atoms with Gasteiger partial charge in [-0.3, -0.25) is 4.57 Å². The zero-order chi connectivity index (χ0) is 17.1. The molecule has 0 unspecified atom stereocenters. The molecule has 1 aromatic carbocycles. The van der Waals surface area contributed by atoms with Crippen LogP contribution in [-0.2, 0) is 11.8 Å². The molecule has 1 aliphatic heterocycles. The van der Waals surface area contributed by atoms with Crippen LogP contribution < -0.4 is 5.32 Å². The number of fused-ring (bicyclic) bond motifs is 2. The van der Waals surface area contributed by atoms with Gasteiger partial charge in [0, 0.05) is 11.5 Å². The second kappa shape index (κ2) is 5.36. The molecule has 6 rings (SSSR count). The number of hydrogen-bond donors (Lipinski definition) is 1. The second-order valence-electron chi connectivity index (χ2n) is 8.17. The normalized spacial score (nSPS) is 30.0. The molecule has 0 amide bonds. The monoisotopic (exact) mass is 345 g/mol. The molecule has 3 aromatic rings. The lowest BCUT2D eigenvalue weighted by Gasteiger charge is -2.56. The Balaban J connectivity index is 1.59. The van der Waals surface area contributed by atoms with Crippen molar-refractivity contribution in [3.63, 3.8) is 0 Å². The Morgan fingerprint density at radius 3 is 3.15 bits per heavy atom. The second-order valence-corrected chi connectivity index (χ2v) is 8.17. The molecule has 132 valence electrons. The molecular weight excluding hydrogens is 322 g/mol. The SMILES string of the molecule is c1cc(-n2cnc3cncnc32)c2c(c1)[C@@]13CCCC[C@H]1[C@@H](C2)NCC3. The van der Waals surface area contributed by atoms with Crippen LogP contribution in [0.1, 0.15) is 43.2 Å². The summed E-state index contributed by atoms with van der Waals surface area (Å²) in [5.74, 6) is 0.801. The van der Waals surface area contributed by atoms with Crippen LogP contribution in [0.2, 0.25) is 0 Å². The summed E-state index contributed by atoms with van der Waals surface area (Å²) in [6.07, 6.45) is 13.2. The Bertz CT molecular complexity index is 989. The third-order valence-corrected chi connectivity index (χ3v) is 7.15. The van der Waals surface area contributed by atoms with Crippen molar-refractivity contribution in [3.8, 4) is 5.69 Å². The lowest BCUT2D eigenvalue weighted by Crippen LogP contribution is -2.59. The van der Waals surface area contributed by atoms with E-state index in [0.717, 1.165) is 30.0 Å². The lowest BCUT2D eigenvalue weighted by molar-refractivity contribution is 0.0797.